The molecule has 0 aliphatic heterocycles. The summed E-state index contributed by atoms with van der Waals surface area (Å²) in [5.74, 6) is -3.87. The number of carboxylic acid groups (broad SMARTS) is 1. The lowest BCUT2D eigenvalue weighted by Crippen LogP contribution is -2.47. The fraction of sp³-hybridized carbons (Fsp3) is 0.300. The minimum Gasteiger partial charge on any atom is -0.480 e. The van der Waals surface area contributed by atoms with E-state index in [-0.39, 0.29) is 0 Å². The zero-order chi connectivity index (χ0) is 14.8. The van der Waals surface area contributed by atoms with E-state index in [1.165, 1.54) is 0 Å². The van der Waals surface area contributed by atoms with Gasteiger partial charge in [0.15, 0.2) is 0 Å². The molecule has 2 unspecified atom stereocenters. The average molecular weight is 295 g/mol. The van der Waals surface area contributed by atoms with Crippen molar-refractivity contribution in [2.75, 3.05) is 0 Å². The second-order valence-electron chi connectivity index (χ2n) is 3.75. The number of sulfonamides is 1. The number of carboxylic acids is 1. The number of aliphatic carboxylic acids is 1. The lowest BCUT2D eigenvalue weighted by Gasteiger charge is -2.17. The van der Waals surface area contributed by atoms with Crippen molar-refractivity contribution >= 4 is 16.0 Å². The summed E-state index contributed by atoms with van der Waals surface area (Å²) >= 11 is 0. The van der Waals surface area contributed by atoms with Crippen LogP contribution in [-0.4, -0.2) is 36.7 Å². The minimum atomic E-state index is -4.61. The number of hydrogen-bond acceptors (Lipinski definition) is 4. The van der Waals surface area contributed by atoms with E-state index in [4.69, 9.17) is 10.2 Å². The molecule has 106 valence electrons. The van der Waals surface area contributed by atoms with E-state index in [0.717, 1.165) is 13.0 Å². The van der Waals surface area contributed by atoms with Crippen molar-refractivity contribution in [3.63, 3.8) is 0 Å². The summed E-state index contributed by atoms with van der Waals surface area (Å²) < 4.78 is 51.3. The predicted molar refractivity (Wildman–Crippen MR) is 59.8 cm³/mol. The van der Waals surface area contributed by atoms with Crippen molar-refractivity contribution in [2.45, 2.75) is 24.0 Å². The molecule has 1 aromatic rings. The molecule has 1 aromatic carbocycles. The van der Waals surface area contributed by atoms with Crippen LogP contribution in [0.4, 0.5) is 8.78 Å². The van der Waals surface area contributed by atoms with Gasteiger partial charge in [-0.05, 0) is 25.1 Å². The number of aliphatic hydroxyl groups is 1. The van der Waals surface area contributed by atoms with E-state index >= 15 is 0 Å². The Labute approximate surface area is 107 Å². The second kappa shape index (κ2) is 5.59. The molecule has 0 radical (unpaired) electrons. The first-order valence-corrected chi connectivity index (χ1v) is 6.51. The van der Waals surface area contributed by atoms with E-state index < -0.39 is 44.7 Å². The molecular weight excluding hydrogens is 284 g/mol. The fourth-order valence-electron chi connectivity index (χ4n) is 1.27. The molecule has 0 amide bonds. The summed E-state index contributed by atoms with van der Waals surface area (Å²) in [7, 11) is -4.61. The SMILES string of the molecule is CC(O)C(NS(=O)(=O)c1cc(F)ccc1F)C(=O)O. The molecular formula is C10H11F2NO5S. The highest BCUT2D eigenvalue weighted by atomic mass is 32.2. The number of halogens is 2. The molecule has 0 aromatic heterocycles. The highest BCUT2D eigenvalue weighted by Gasteiger charge is 2.30. The third-order valence-corrected chi connectivity index (χ3v) is 3.67. The highest BCUT2D eigenvalue weighted by molar-refractivity contribution is 7.89. The molecule has 0 saturated heterocycles. The molecule has 0 bridgehead atoms. The second-order valence-corrected chi connectivity index (χ2v) is 5.43. The number of benzene rings is 1. The summed E-state index contributed by atoms with van der Waals surface area (Å²) in [6.07, 6.45) is -1.55. The van der Waals surface area contributed by atoms with Gasteiger partial charge in [-0.25, -0.2) is 17.2 Å². The van der Waals surface area contributed by atoms with E-state index in [9.17, 15) is 22.0 Å². The van der Waals surface area contributed by atoms with Crippen LogP contribution in [0.5, 0.6) is 0 Å². The Morgan fingerprint density at radius 1 is 1.37 bits per heavy atom. The number of nitrogens with one attached hydrogen (secondary N) is 1. The third-order valence-electron chi connectivity index (χ3n) is 2.21. The van der Waals surface area contributed by atoms with Crippen molar-refractivity contribution in [3.05, 3.63) is 29.8 Å². The molecule has 0 spiro atoms. The van der Waals surface area contributed by atoms with Crippen LogP contribution < -0.4 is 4.72 Å². The van der Waals surface area contributed by atoms with Gasteiger partial charge in [0.2, 0.25) is 10.0 Å². The molecule has 0 fully saturated rings. The Bertz CT molecular complexity index is 588. The lowest BCUT2D eigenvalue weighted by atomic mass is 10.2. The third kappa shape index (κ3) is 3.69. The molecule has 2 atom stereocenters. The van der Waals surface area contributed by atoms with Crippen LogP contribution in [-0.2, 0) is 14.8 Å². The normalized spacial score (nSPS) is 14.9. The van der Waals surface area contributed by atoms with Crippen molar-refractivity contribution in [1.82, 2.24) is 4.72 Å². The first-order valence-electron chi connectivity index (χ1n) is 5.03. The maximum absolute atomic E-state index is 13.3. The van der Waals surface area contributed by atoms with E-state index in [2.05, 4.69) is 0 Å². The molecule has 0 saturated carbocycles. The van der Waals surface area contributed by atoms with Gasteiger partial charge in [0.25, 0.3) is 0 Å². The van der Waals surface area contributed by atoms with Crippen LogP contribution in [0.3, 0.4) is 0 Å². The molecule has 1 rings (SSSR count). The monoisotopic (exact) mass is 295 g/mol. The van der Waals surface area contributed by atoms with Gasteiger partial charge in [-0.1, -0.05) is 0 Å². The van der Waals surface area contributed by atoms with Gasteiger partial charge in [0, 0.05) is 0 Å². The minimum absolute atomic E-state index is 0.415. The summed E-state index contributed by atoms with van der Waals surface area (Å²) in [6.45, 7) is 1.04. The molecule has 0 heterocycles. The predicted octanol–water partition coefficient (Wildman–Crippen LogP) is 0.0771. The Hall–Kier alpha value is -1.58. The number of aliphatic hydroxyl groups excluding tert-OH is 1. The Kier molecular flexibility index (Phi) is 4.56. The topological polar surface area (TPSA) is 104 Å². The van der Waals surface area contributed by atoms with E-state index in [1.807, 2.05) is 0 Å². The van der Waals surface area contributed by atoms with Crippen molar-refractivity contribution in [1.29, 1.82) is 0 Å². The largest absolute Gasteiger partial charge is 0.480 e. The van der Waals surface area contributed by atoms with E-state index in [0.29, 0.717) is 12.1 Å². The molecule has 9 heteroatoms. The molecule has 19 heavy (non-hydrogen) atoms. The first kappa shape index (κ1) is 15.5. The van der Waals surface area contributed by atoms with Crippen molar-refractivity contribution in [2.24, 2.45) is 0 Å². The van der Waals surface area contributed by atoms with Gasteiger partial charge in [0.05, 0.1) is 6.10 Å². The summed E-state index contributed by atoms with van der Waals surface area (Å²) in [4.78, 5) is 9.72. The molecule has 3 N–H and O–H groups in total. The van der Waals surface area contributed by atoms with Crippen LogP contribution in [0.25, 0.3) is 0 Å². The van der Waals surface area contributed by atoms with Crippen LogP contribution in [0, 0.1) is 11.6 Å². The number of carbonyl (C=O) groups is 1. The highest BCUT2D eigenvalue weighted by Crippen LogP contribution is 2.16. The van der Waals surface area contributed by atoms with Crippen LogP contribution in [0.1, 0.15) is 6.92 Å². The summed E-state index contributed by atoms with van der Waals surface area (Å²) in [5, 5.41) is 17.9. The maximum atomic E-state index is 13.3. The number of hydrogen-bond donors (Lipinski definition) is 3. The summed E-state index contributed by atoms with van der Waals surface area (Å²) in [5.41, 5.74) is 0. The summed E-state index contributed by atoms with van der Waals surface area (Å²) in [6, 6.07) is -0.133. The van der Waals surface area contributed by atoms with Crippen molar-refractivity contribution < 1.29 is 32.2 Å². The van der Waals surface area contributed by atoms with Gasteiger partial charge in [-0.2, -0.15) is 4.72 Å². The maximum Gasteiger partial charge on any atom is 0.324 e. The Morgan fingerprint density at radius 3 is 2.42 bits per heavy atom. The molecule has 0 aliphatic rings. The Morgan fingerprint density at radius 2 is 1.95 bits per heavy atom. The van der Waals surface area contributed by atoms with Gasteiger partial charge >= 0.3 is 5.97 Å². The van der Waals surface area contributed by atoms with Crippen LogP contribution in [0.2, 0.25) is 0 Å². The first-order chi connectivity index (χ1) is 8.65. The lowest BCUT2D eigenvalue weighted by molar-refractivity contribution is -0.141. The van der Waals surface area contributed by atoms with Crippen LogP contribution in [0.15, 0.2) is 23.1 Å². The van der Waals surface area contributed by atoms with Gasteiger partial charge < -0.3 is 10.2 Å². The molecule has 0 aliphatic carbocycles. The smallest absolute Gasteiger partial charge is 0.324 e. The standard InChI is InChI=1S/C10H11F2NO5S/c1-5(14)9(10(15)16)13-19(17,18)8-4-6(11)2-3-7(8)12/h2-5,9,13-14H,1H3,(H,15,16). The Balaban J connectivity index is 3.17. The van der Waals surface area contributed by atoms with Gasteiger partial charge in [-0.3, -0.25) is 4.79 Å². The zero-order valence-corrected chi connectivity index (χ0v) is 10.5. The number of rotatable bonds is 5. The van der Waals surface area contributed by atoms with Crippen molar-refractivity contribution in [3.8, 4) is 0 Å². The van der Waals surface area contributed by atoms with Gasteiger partial charge in [0.1, 0.15) is 22.6 Å². The molecule has 6 nitrogen and oxygen atoms in total. The van der Waals surface area contributed by atoms with E-state index in [1.54, 1.807) is 4.72 Å². The van der Waals surface area contributed by atoms with Gasteiger partial charge in [-0.15, -0.1) is 0 Å². The van der Waals surface area contributed by atoms with Crippen LogP contribution >= 0.6 is 0 Å². The quantitative estimate of drug-likeness (QED) is 0.713. The average Bonchev–Trinajstić information content (AvgIpc) is 2.28. The zero-order valence-electron chi connectivity index (χ0n) is 9.67. The fourth-order valence-corrected chi connectivity index (χ4v) is 2.62.